The van der Waals surface area contributed by atoms with Gasteiger partial charge in [-0.05, 0) is 48.2 Å². The molecular formula is C20H15ClN2O2S2. The number of benzene rings is 2. The van der Waals surface area contributed by atoms with Gasteiger partial charge in [-0.15, -0.1) is 11.3 Å². The van der Waals surface area contributed by atoms with Crippen LogP contribution in [0.2, 0.25) is 5.02 Å². The second kappa shape index (κ2) is 7.38. The van der Waals surface area contributed by atoms with Crippen molar-refractivity contribution in [2.24, 2.45) is 0 Å². The number of hydrogen-bond donors (Lipinski definition) is 0. The van der Waals surface area contributed by atoms with Gasteiger partial charge in [-0.25, -0.2) is 4.98 Å². The summed E-state index contributed by atoms with van der Waals surface area (Å²) in [6.45, 7) is 0. The van der Waals surface area contributed by atoms with Gasteiger partial charge in [-0.2, -0.15) is 0 Å². The summed E-state index contributed by atoms with van der Waals surface area (Å²) in [5.74, 6) is 0.740. The number of ether oxygens (including phenoxy) is 1. The van der Waals surface area contributed by atoms with Crippen molar-refractivity contribution in [3.05, 3.63) is 69.3 Å². The summed E-state index contributed by atoms with van der Waals surface area (Å²) in [7, 11) is 1.62. The van der Waals surface area contributed by atoms with Gasteiger partial charge in [-0.3, -0.25) is 9.36 Å². The van der Waals surface area contributed by atoms with Gasteiger partial charge in [0, 0.05) is 16.0 Å². The normalized spacial score (nSPS) is 11.1. The molecule has 27 heavy (non-hydrogen) atoms. The summed E-state index contributed by atoms with van der Waals surface area (Å²) in [6.07, 6.45) is 1.92. The maximum Gasteiger partial charge on any atom is 0.268 e. The van der Waals surface area contributed by atoms with Crippen molar-refractivity contribution < 1.29 is 4.74 Å². The molecule has 2 aromatic heterocycles. The zero-order valence-corrected chi connectivity index (χ0v) is 17.0. The Labute approximate surface area is 169 Å². The fourth-order valence-corrected chi connectivity index (χ4v) is 4.58. The number of aromatic nitrogens is 2. The van der Waals surface area contributed by atoms with Gasteiger partial charge in [0.15, 0.2) is 5.16 Å². The zero-order chi connectivity index (χ0) is 19.0. The van der Waals surface area contributed by atoms with E-state index in [9.17, 15) is 4.79 Å². The lowest BCUT2D eigenvalue weighted by Gasteiger charge is -2.12. The van der Waals surface area contributed by atoms with Crippen molar-refractivity contribution in [2.75, 3.05) is 13.4 Å². The van der Waals surface area contributed by atoms with Gasteiger partial charge < -0.3 is 4.74 Å². The second-order valence-electron chi connectivity index (χ2n) is 5.77. The van der Waals surface area contributed by atoms with Crippen LogP contribution in [-0.4, -0.2) is 22.9 Å². The highest BCUT2D eigenvalue weighted by atomic mass is 35.5. The summed E-state index contributed by atoms with van der Waals surface area (Å²) >= 11 is 8.93. The number of methoxy groups -OCH3 is 1. The first-order valence-electron chi connectivity index (χ1n) is 8.11. The van der Waals surface area contributed by atoms with Crippen molar-refractivity contribution in [3.63, 3.8) is 0 Å². The molecule has 2 heterocycles. The van der Waals surface area contributed by atoms with Gasteiger partial charge >= 0.3 is 0 Å². The van der Waals surface area contributed by atoms with Crippen LogP contribution in [-0.2, 0) is 0 Å². The van der Waals surface area contributed by atoms with Crippen molar-refractivity contribution in [1.29, 1.82) is 0 Å². The van der Waals surface area contributed by atoms with E-state index in [1.54, 1.807) is 11.7 Å². The van der Waals surface area contributed by atoms with Gasteiger partial charge in [0.2, 0.25) is 0 Å². The lowest BCUT2D eigenvalue weighted by atomic mass is 10.1. The predicted molar refractivity (Wildman–Crippen MR) is 114 cm³/mol. The van der Waals surface area contributed by atoms with Crippen LogP contribution in [0.1, 0.15) is 0 Å². The van der Waals surface area contributed by atoms with Gasteiger partial charge in [0.05, 0.1) is 18.2 Å². The average Bonchev–Trinajstić information content (AvgIpc) is 3.13. The molecule has 0 saturated carbocycles. The highest BCUT2D eigenvalue weighted by molar-refractivity contribution is 7.98. The minimum absolute atomic E-state index is 0.0827. The Morgan fingerprint density at radius 3 is 2.44 bits per heavy atom. The average molecular weight is 415 g/mol. The van der Waals surface area contributed by atoms with E-state index in [0.29, 0.717) is 15.6 Å². The van der Waals surface area contributed by atoms with Crippen LogP contribution in [0.15, 0.2) is 63.9 Å². The third-order valence-electron chi connectivity index (χ3n) is 4.25. The van der Waals surface area contributed by atoms with Crippen LogP contribution in [0, 0.1) is 0 Å². The van der Waals surface area contributed by atoms with Crippen LogP contribution in [0.5, 0.6) is 5.75 Å². The minimum Gasteiger partial charge on any atom is -0.497 e. The molecule has 4 aromatic rings. The number of rotatable bonds is 4. The highest BCUT2D eigenvalue weighted by Gasteiger charge is 2.18. The quantitative estimate of drug-likeness (QED) is 0.327. The summed E-state index contributed by atoms with van der Waals surface area (Å²) in [5.41, 5.74) is 2.50. The second-order valence-corrected chi connectivity index (χ2v) is 7.84. The molecule has 0 saturated heterocycles. The summed E-state index contributed by atoms with van der Waals surface area (Å²) in [5, 5.41) is 3.92. The Bertz CT molecular complexity index is 1170. The molecule has 0 amide bonds. The van der Waals surface area contributed by atoms with Gasteiger partial charge in [0.25, 0.3) is 5.56 Å². The smallest absolute Gasteiger partial charge is 0.268 e. The molecular weight excluding hydrogens is 400 g/mol. The van der Waals surface area contributed by atoms with E-state index in [-0.39, 0.29) is 5.56 Å². The van der Waals surface area contributed by atoms with E-state index in [0.717, 1.165) is 27.4 Å². The number of hydrogen-bond acceptors (Lipinski definition) is 5. The van der Waals surface area contributed by atoms with Gasteiger partial charge in [-0.1, -0.05) is 35.5 Å². The largest absolute Gasteiger partial charge is 0.497 e. The fourth-order valence-electron chi connectivity index (χ4n) is 2.91. The molecule has 0 aliphatic carbocycles. The Hall–Kier alpha value is -2.28. The van der Waals surface area contributed by atoms with Crippen molar-refractivity contribution in [3.8, 4) is 22.6 Å². The Kier molecular flexibility index (Phi) is 4.95. The third-order valence-corrected chi connectivity index (χ3v) is 6.01. The first-order chi connectivity index (χ1) is 13.1. The van der Waals surface area contributed by atoms with Crippen LogP contribution >= 0.6 is 34.7 Å². The molecule has 136 valence electrons. The molecule has 0 aliphatic heterocycles. The molecule has 0 bridgehead atoms. The number of fused-ring (bicyclic) bond motifs is 1. The third kappa shape index (κ3) is 3.25. The number of halogens is 1. The molecule has 0 spiro atoms. The van der Waals surface area contributed by atoms with Crippen LogP contribution in [0.4, 0.5) is 0 Å². The van der Waals surface area contributed by atoms with Crippen LogP contribution < -0.4 is 10.3 Å². The Balaban J connectivity index is 1.98. The molecule has 7 heteroatoms. The van der Waals surface area contributed by atoms with Crippen molar-refractivity contribution in [2.45, 2.75) is 5.16 Å². The monoisotopic (exact) mass is 414 g/mol. The Morgan fingerprint density at radius 2 is 1.81 bits per heavy atom. The van der Waals surface area contributed by atoms with Gasteiger partial charge in [0.1, 0.15) is 10.6 Å². The molecule has 0 N–H and O–H groups in total. The maximum absolute atomic E-state index is 13.4. The van der Waals surface area contributed by atoms with E-state index in [2.05, 4.69) is 0 Å². The first kappa shape index (κ1) is 18.1. The summed E-state index contributed by atoms with van der Waals surface area (Å²) in [4.78, 5) is 18.9. The van der Waals surface area contributed by atoms with Crippen molar-refractivity contribution >= 4 is 44.9 Å². The lowest BCUT2D eigenvalue weighted by molar-refractivity contribution is 0.414. The fraction of sp³-hybridized carbons (Fsp3) is 0.100. The molecule has 4 rings (SSSR count). The number of nitrogens with zero attached hydrogens (tertiary/aromatic N) is 2. The number of thioether (sulfide) groups is 1. The first-order valence-corrected chi connectivity index (χ1v) is 10.6. The standard InChI is InChI=1S/C20H15ClN2O2S2/c1-25-15-9-7-14(8-10-15)23-19(24)17-16(12-3-5-13(21)6-4-12)11-27-18(17)22-20(23)26-2/h3-11H,1-2H3. The topological polar surface area (TPSA) is 44.1 Å². The number of thiophene rings is 1. The maximum atomic E-state index is 13.4. The molecule has 0 radical (unpaired) electrons. The minimum atomic E-state index is -0.0827. The zero-order valence-electron chi connectivity index (χ0n) is 14.6. The van der Waals surface area contributed by atoms with E-state index in [4.69, 9.17) is 21.3 Å². The summed E-state index contributed by atoms with van der Waals surface area (Å²) in [6, 6.07) is 14.9. The molecule has 0 fully saturated rings. The predicted octanol–water partition coefficient (Wildman–Crippen LogP) is 5.50. The SMILES string of the molecule is COc1ccc(-n2c(SC)nc3scc(-c4ccc(Cl)cc4)c3c2=O)cc1. The van der Waals surface area contributed by atoms with E-state index >= 15 is 0 Å². The van der Waals surface area contributed by atoms with E-state index in [1.807, 2.05) is 60.2 Å². The van der Waals surface area contributed by atoms with E-state index in [1.165, 1.54) is 23.1 Å². The summed E-state index contributed by atoms with van der Waals surface area (Å²) < 4.78 is 6.87. The molecule has 4 nitrogen and oxygen atoms in total. The van der Waals surface area contributed by atoms with Crippen LogP contribution in [0.25, 0.3) is 27.0 Å². The molecule has 2 aromatic carbocycles. The highest BCUT2D eigenvalue weighted by Crippen LogP contribution is 2.33. The lowest BCUT2D eigenvalue weighted by Crippen LogP contribution is -2.21. The van der Waals surface area contributed by atoms with E-state index < -0.39 is 0 Å². The molecule has 0 atom stereocenters. The van der Waals surface area contributed by atoms with Crippen LogP contribution in [0.3, 0.4) is 0 Å². The van der Waals surface area contributed by atoms with Crippen molar-refractivity contribution in [1.82, 2.24) is 9.55 Å². The molecule has 0 aliphatic rings. The Morgan fingerprint density at radius 1 is 1.11 bits per heavy atom. The molecule has 0 unspecified atom stereocenters.